The Morgan fingerprint density at radius 1 is 1.38 bits per heavy atom. The third-order valence-corrected chi connectivity index (χ3v) is 2.10. The number of carbonyl (C=O) groups excluding carboxylic acids is 1. The van der Waals surface area contributed by atoms with E-state index in [1.165, 1.54) is 12.1 Å². The van der Waals surface area contributed by atoms with Crippen LogP contribution in [0.2, 0.25) is 0 Å². The topological polar surface area (TPSA) is 60.9 Å². The van der Waals surface area contributed by atoms with Crippen molar-refractivity contribution in [2.75, 3.05) is 0 Å². The van der Waals surface area contributed by atoms with Crippen LogP contribution in [0.25, 0.3) is 11.0 Å². The highest BCUT2D eigenvalue weighted by Crippen LogP contribution is 2.27. The Balaban J connectivity index is 2.64. The van der Waals surface area contributed by atoms with Gasteiger partial charge in [0.15, 0.2) is 0 Å². The van der Waals surface area contributed by atoms with Crippen molar-refractivity contribution in [1.82, 2.24) is 9.55 Å². The van der Waals surface area contributed by atoms with E-state index in [1.54, 1.807) is 0 Å². The second kappa shape index (κ2) is 3.22. The standard InChI is InChI=1S/C9H6F3N3O/c10-9(11,12)15-4-14-6-3-5(8(13)16)1-2-7(6)15/h1-4H,(H2,13,16). The zero-order valence-electron chi connectivity index (χ0n) is 7.82. The quantitative estimate of drug-likeness (QED) is 0.807. The van der Waals surface area contributed by atoms with Gasteiger partial charge in [0.2, 0.25) is 5.91 Å². The Morgan fingerprint density at radius 3 is 2.62 bits per heavy atom. The summed E-state index contributed by atoms with van der Waals surface area (Å²) in [6, 6.07) is 3.62. The van der Waals surface area contributed by atoms with E-state index in [-0.39, 0.29) is 21.2 Å². The first kappa shape index (κ1) is 10.5. The monoisotopic (exact) mass is 229 g/mol. The Labute approximate surface area is 87.5 Å². The second-order valence-electron chi connectivity index (χ2n) is 3.15. The van der Waals surface area contributed by atoms with Gasteiger partial charge in [-0.15, -0.1) is 13.2 Å². The minimum atomic E-state index is -4.52. The highest BCUT2D eigenvalue weighted by molar-refractivity contribution is 5.96. The molecule has 0 aliphatic carbocycles. The van der Waals surface area contributed by atoms with Crippen molar-refractivity contribution in [2.24, 2.45) is 5.73 Å². The molecule has 2 rings (SSSR count). The number of alkyl halides is 3. The number of amides is 1. The van der Waals surface area contributed by atoms with E-state index in [9.17, 15) is 18.0 Å². The maximum atomic E-state index is 12.4. The fourth-order valence-electron chi connectivity index (χ4n) is 1.37. The zero-order valence-corrected chi connectivity index (χ0v) is 7.82. The summed E-state index contributed by atoms with van der Waals surface area (Å²) in [5.74, 6) is -0.705. The van der Waals surface area contributed by atoms with Crippen molar-refractivity contribution in [3.05, 3.63) is 30.1 Å². The zero-order chi connectivity index (χ0) is 11.9. The molecule has 0 aliphatic rings. The first-order valence-electron chi connectivity index (χ1n) is 4.23. The van der Waals surface area contributed by atoms with Gasteiger partial charge < -0.3 is 5.73 Å². The summed E-state index contributed by atoms with van der Waals surface area (Å²) in [4.78, 5) is 14.4. The third kappa shape index (κ3) is 1.60. The first-order chi connectivity index (χ1) is 7.39. The number of benzene rings is 1. The molecular weight excluding hydrogens is 223 g/mol. The fourth-order valence-corrected chi connectivity index (χ4v) is 1.37. The Bertz CT molecular complexity index is 559. The number of aromatic nitrogens is 2. The summed E-state index contributed by atoms with van der Waals surface area (Å²) in [5.41, 5.74) is 5.09. The van der Waals surface area contributed by atoms with Gasteiger partial charge in [-0.05, 0) is 18.2 Å². The number of nitrogens with two attached hydrogens (primary N) is 1. The van der Waals surface area contributed by atoms with Crippen molar-refractivity contribution < 1.29 is 18.0 Å². The molecule has 1 amide bonds. The molecule has 16 heavy (non-hydrogen) atoms. The maximum absolute atomic E-state index is 12.4. The molecule has 0 bridgehead atoms. The van der Waals surface area contributed by atoms with Crippen LogP contribution in [0.4, 0.5) is 13.2 Å². The van der Waals surface area contributed by atoms with Gasteiger partial charge in [-0.25, -0.2) is 9.55 Å². The van der Waals surface area contributed by atoms with Crippen LogP contribution in [0.5, 0.6) is 0 Å². The molecule has 1 heterocycles. The lowest BCUT2D eigenvalue weighted by atomic mass is 10.2. The minimum absolute atomic E-state index is 0.0765. The van der Waals surface area contributed by atoms with Gasteiger partial charge >= 0.3 is 6.30 Å². The van der Waals surface area contributed by atoms with Gasteiger partial charge in [0.25, 0.3) is 0 Å². The molecule has 4 nitrogen and oxygen atoms in total. The van der Waals surface area contributed by atoms with E-state index in [0.29, 0.717) is 6.33 Å². The van der Waals surface area contributed by atoms with Crippen LogP contribution in [0.15, 0.2) is 24.5 Å². The van der Waals surface area contributed by atoms with Gasteiger partial charge in [-0.2, -0.15) is 0 Å². The molecule has 0 radical (unpaired) electrons. The average Bonchev–Trinajstić information content (AvgIpc) is 2.58. The predicted molar refractivity (Wildman–Crippen MR) is 49.5 cm³/mol. The van der Waals surface area contributed by atoms with Crippen LogP contribution in [0.1, 0.15) is 10.4 Å². The molecule has 84 valence electrons. The Morgan fingerprint density at radius 2 is 2.06 bits per heavy atom. The van der Waals surface area contributed by atoms with Crippen molar-refractivity contribution in [1.29, 1.82) is 0 Å². The van der Waals surface area contributed by atoms with Gasteiger partial charge in [0, 0.05) is 5.56 Å². The molecule has 1 aromatic carbocycles. The molecule has 0 saturated heterocycles. The van der Waals surface area contributed by atoms with Crippen LogP contribution in [-0.2, 0) is 6.30 Å². The first-order valence-corrected chi connectivity index (χ1v) is 4.23. The second-order valence-corrected chi connectivity index (χ2v) is 3.15. The van der Waals surface area contributed by atoms with Crippen LogP contribution in [0, 0.1) is 0 Å². The van der Waals surface area contributed by atoms with Crippen LogP contribution >= 0.6 is 0 Å². The number of imidazole rings is 1. The smallest absolute Gasteiger partial charge is 0.366 e. The number of hydrogen-bond donors (Lipinski definition) is 1. The lowest BCUT2D eigenvalue weighted by Gasteiger charge is -2.07. The molecule has 2 N–H and O–H groups in total. The largest absolute Gasteiger partial charge is 0.490 e. The SMILES string of the molecule is NC(=O)c1ccc2c(c1)ncn2C(F)(F)F. The molecule has 0 spiro atoms. The third-order valence-electron chi connectivity index (χ3n) is 2.10. The molecular formula is C9H6F3N3O. The highest BCUT2D eigenvalue weighted by atomic mass is 19.4. The molecule has 0 fully saturated rings. The molecule has 0 atom stereocenters. The highest BCUT2D eigenvalue weighted by Gasteiger charge is 2.32. The summed E-state index contributed by atoms with van der Waals surface area (Å²) >= 11 is 0. The lowest BCUT2D eigenvalue weighted by molar-refractivity contribution is -0.201. The van der Waals surface area contributed by atoms with Crippen molar-refractivity contribution >= 4 is 16.9 Å². The maximum Gasteiger partial charge on any atom is 0.490 e. The lowest BCUT2D eigenvalue weighted by Crippen LogP contribution is -2.15. The predicted octanol–water partition coefficient (Wildman–Crippen LogP) is 1.61. The molecule has 0 unspecified atom stereocenters. The average molecular weight is 229 g/mol. The van der Waals surface area contributed by atoms with E-state index in [1.807, 2.05) is 0 Å². The molecule has 0 aliphatic heterocycles. The number of primary amides is 1. The summed E-state index contributed by atoms with van der Waals surface area (Å²) < 4.78 is 37.4. The van der Waals surface area contributed by atoms with E-state index < -0.39 is 12.2 Å². The number of nitrogens with zero attached hydrogens (tertiary/aromatic N) is 2. The van der Waals surface area contributed by atoms with E-state index in [4.69, 9.17) is 5.73 Å². The number of halogens is 3. The molecule has 1 aromatic heterocycles. The number of hydrogen-bond acceptors (Lipinski definition) is 2. The van der Waals surface area contributed by atoms with Crippen molar-refractivity contribution in [3.63, 3.8) is 0 Å². The number of fused-ring (bicyclic) bond motifs is 1. The van der Waals surface area contributed by atoms with Crippen LogP contribution in [-0.4, -0.2) is 15.5 Å². The van der Waals surface area contributed by atoms with E-state index in [0.717, 1.165) is 6.07 Å². The molecule has 2 aromatic rings. The summed E-state index contributed by atoms with van der Waals surface area (Å²) in [6.07, 6.45) is -3.86. The van der Waals surface area contributed by atoms with Crippen LogP contribution in [0.3, 0.4) is 0 Å². The minimum Gasteiger partial charge on any atom is -0.366 e. The Hall–Kier alpha value is -2.05. The summed E-state index contributed by atoms with van der Waals surface area (Å²) in [6.45, 7) is 0. The van der Waals surface area contributed by atoms with Crippen molar-refractivity contribution in [3.8, 4) is 0 Å². The number of rotatable bonds is 1. The Kier molecular flexibility index (Phi) is 2.11. The normalized spacial score (nSPS) is 11.9. The molecule has 0 saturated carbocycles. The van der Waals surface area contributed by atoms with Crippen molar-refractivity contribution in [2.45, 2.75) is 6.30 Å². The fraction of sp³-hybridized carbons (Fsp3) is 0.111. The van der Waals surface area contributed by atoms with Gasteiger partial charge in [0.05, 0.1) is 11.0 Å². The summed E-state index contributed by atoms with van der Waals surface area (Å²) in [7, 11) is 0. The number of carbonyl (C=O) groups is 1. The molecule has 7 heteroatoms. The van der Waals surface area contributed by atoms with E-state index >= 15 is 0 Å². The van der Waals surface area contributed by atoms with E-state index in [2.05, 4.69) is 4.98 Å². The van der Waals surface area contributed by atoms with Gasteiger partial charge in [-0.3, -0.25) is 4.79 Å². The summed E-state index contributed by atoms with van der Waals surface area (Å²) in [5, 5.41) is 0. The van der Waals surface area contributed by atoms with Gasteiger partial charge in [0.1, 0.15) is 6.33 Å². The van der Waals surface area contributed by atoms with Gasteiger partial charge in [-0.1, -0.05) is 0 Å². The van der Waals surface area contributed by atoms with Crippen LogP contribution < -0.4 is 5.73 Å².